The summed E-state index contributed by atoms with van der Waals surface area (Å²) in [4.78, 5) is 23.4. The molecule has 0 heterocycles. The molecule has 0 spiro atoms. The first-order chi connectivity index (χ1) is 13.6. The van der Waals surface area contributed by atoms with Crippen LogP contribution in [0, 0.1) is 0 Å². The maximum absolute atomic E-state index is 12.4. The third-order valence-electron chi connectivity index (χ3n) is 4.94. The van der Waals surface area contributed by atoms with Gasteiger partial charge in [-0.25, -0.2) is 0 Å². The van der Waals surface area contributed by atoms with Gasteiger partial charge in [0.05, 0.1) is 27.6 Å². The summed E-state index contributed by atoms with van der Waals surface area (Å²) in [5, 5.41) is 28.3. The summed E-state index contributed by atoms with van der Waals surface area (Å²) < 4.78 is 0.312. The first-order valence-electron chi connectivity index (χ1n) is 11.2. The number of aliphatic hydroxyl groups excluding tert-OH is 1. The number of aliphatic carboxylic acids is 1. The van der Waals surface area contributed by atoms with E-state index in [1.54, 1.807) is 6.08 Å². The summed E-state index contributed by atoms with van der Waals surface area (Å²) in [6.07, 6.45) is 16.2. The molecule has 1 atom stereocenters. The van der Waals surface area contributed by atoms with Crippen molar-refractivity contribution in [1.29, 1.82) is 0 Å². The van der Waals surface area contributed by atoms with Crippen LogP contribution in [0.1, 0.15) is 83.5 Å². The van der Waals surface area contributed by atoms with Crippen LogP contribution in [0.3, 0.4) is 0 Å². The Morgan fingerprint density at radius 2 is 1.28 bits per heavy atom. The van der Waals surface area contributed by atoms with E-state index in [0.29, 0.717) is 11.1 Å². The van der Waals surface area contributed by atoms with Crippen molar-refractivity contribution in [2.24, 2.45) is 0 Å². The number of hydrogen-bond donors (Lipinski definition) is 3. The van der Waals surface area contributed by atoms with Crippen molar-refractivity contribution in [3.05, 3.63) is 12.2 Å². The lowest BCUT2D eigenvalue weighted by molar-refractivity contribution is -0.875. The molecule has 0 aromatic carbocycles. The molecule has 0 bridgehead atoms. The first-order valence-corrected chi connectivity index (χ1v) is 11.2. The highest BCUT2D eigenvalue weighted by Crippen LogP contribution is 2.17. The molecule has 6 nitrogen and oxygen atoms in total. The second-order valence-electron chi connectivity index (χ2n) is 9.22. The molecule has 0 amide bonds. The predicted molar refractivity (Wildman–Crippen MR) is 117 cm³/mol. The topological polar surface area (TPSA) is 94.8 Å². The standard InChI is InChI=1S/C23H43NO5/c1-24(2,3)20-23(29,19-22(27)28)21(26)17-15-13-11-9-7-5-4-6-8-10-12-14-16-18-25/h15,17,25,29H,4-14,16,18-20H2,1-3H3/p+1/t23-/m1/s1. The van der Waals surface area contributed by atoms with Gasteiger partial charge in [-0.15, -0.1) is 0 Å². The molecule has 0 radical (unpaired) electrons. The molecule has 0 saturated heterocycles. The number of quaternary nitrogens is 1. The van der Waals surface area contributed by atoms with Crippen LogP contribution in [0.15, 0.2) is 12.2 Å². The van der Waals surface area contributed by atoms with E-state index in [9.17, 15) is 14.7 Å². The van der Waals surface area contributed by atoms with Crippen LogP contribution < -0.4 is 0 Å². The molecule has 6 heteroatoms. The Kier molecular flexibility index (Phi) is 14.9. The van der Waals surface area contributed by atoms with Crippen LogP contribution >= 0.6 is 0 Å². The van der Waals surface area contributed by atoms with Crippen LogP contribution in [0.4, 0.5) is 0 Å². The van der Waals surface area contributed by atoms with E-state index in [1.165, 1.54) is 51.0 Å². The van der Waals surface area contributed by atoms with Gasteiger partial charge in [0, 0.05) is 6.61 Å². The number of rotatable bonds is 19. The summed E-state index contributed by atoms with van der Waals surface area (Å²) in [6, 6.07) is 0. The van der Waals surface area contributed by atoms with Crippen molar-refractivity contribution in [2.75, 3.05) is 34.3 Å². The van der Waals surface area contributed by atoms with Crippen LogP contribution in [0.2, 0.25) is 0 Å². The van der Waals surface area contributed by atoms with Gasteiger partial charge in [-0.1, -0.05) is 63.9 Å². The van der Waals surface area contributed by atoms with Crippen LogP contribution in [-0.2, 0) is 9.59 Å². The molecule has 0 aromatic rings. The minimum absolute atomic E-state index is 0.0594. The van der Waals surface area contributed by atoms with E-state index >= 15 is 0 Å². The lowest BCUT2D eigenvalue weighted by atomic mass is 9.92. The van der Waals surface area contributed by atoms with E-state index in [2.05, 4.69) is 0 Å². The molecule has 0 aliphatic carbocycles. The molecule has 0 fully saturated rings. The lowest BCUT2D eigenvalue weighted by Crippen LogP contribution is -2.54. The fraction of sp³-hybridized carbons (Fsp3) is 0.826. The maximum atomic E-state index is 12.4. The SMILES string of the molecule is C[N+](C)(C)C[C@](O)(CC(=O)O)C(=O)C=CCCCCCCCCCCCCCO. The molecule has 170 valence electrons. The van der Waals surface area contributed by atoms with Crippen LogP contribution in [-0.4, -0.2) is 71.5 Å². The summed E-state index contributed by atoms with van der Waals surface area (Å²) >= 11 is 0. The van der Waals surface area contributed by atoms with Gasteiger partial charge in [-0.2, -0.15) is 0 Å². The van der Waals surface area contributed by atoms with Gasteiger partial charge in [-0.05, 0) is 25.3 Å². The van der Waals surface area contributed by atoms with E-state index in [-0.39, 0.29) is 6.54 Å². The largest absolute Gasteiger partial charge is 0.481 e. The second kappa shape index (κ2) is 15.6. The normalized spacial score (nSPS) is 14.2. The number of allylic oxidation sites excluding steroid dienone is 1. The van der Waals surface area contributed by atoms with Crippen molar-refractivity contribution in [2.45, 2.75) is 89.1 Å². The van der Waals surface area contributed by atoms with Crippen molar-refractivity contribution < 1.29 is 29.4 Å². The molecule has 0 aliphatic rings. The van der Waals surface area contributed by atoms with Gasteiger partial charge in [0.1, 0.15) is 6.54 Å². The van der Waals surface area contributed by atoms with Gasteiger partial charge in [-0.3, -0.25) is 9.59 Å². The summed E-state index contributed by atoms with van der Waals surface area (Å²) in [5.74, 6) is -1.69. The molecule has 0 rings (SSSR count). The number of nitrogens with zero attached hydrogens (tertiary/aromatic N) is 1. The third kappa shape index (κ3) is 16.3. The van der Waals surface area contributed by atoms with Crippen molar-refractivity contribution in [3.63, 3.8) is 0 Å². The average molecular weight is 415 g/mol. The molecule has 29 heavy (non-hydrogen) atoms. The number of likely N-dealkylation sites (N-methyl/N-ethyl adjacent to an activating group) is 1. The fourth-order valence-electron chi connectivity index (χ4n) is 3.57. The number of ketones is 1. The number of carboxylic acid groups (broad SMARTS) is 1. The van der Waals surface area contributed by atoms with Gasteiger partial charge in [0.2, 0.25) is 0 Å². The molecule has 0 aromatic heterocycles. The highest BCUT2D eigenvalue weighted by atomic mass is 16.4. The second-order valence-corrected chi connectivity index (χ2v) is 9.22. The van der Waals surface area contributed by atoms with Crippen molar-refractivity contribution in [3.8, 4) is 0 Å². The number of aliphatic hydroxyl groups is 2. The Balaban J connectivity index is 3.94. The van der Waals surface area contributed by atoms with Gasteiger partial charge in [0.25, 0.3) is 0 Å². The number of carboxylic acids is 1. The van der Waals surface area contributed by atoms with Crippen LogP contribution in [0.25, 0.3) is 0 Å². The minimum Gasteiger partial charge on any atom is -0.481 e. The lowest BCUT2D eigenvalue weighted by Gasteiger charge is -2.33. The van der Waals surface area contributed by atoms with Crippen molar-refractivity contribution in [1.82, 2.24) is 0 Å². The Morgan fingerprint density at radius 3 is 1.69 bits per heavy atom. The van der Waals surface area contributed by atoms with Crippen LogP contribution in [0.5, 0.6) is 0 Å². The summed E-state index contributed by atoms with van der Waals surface area (Å²) in [7, 11) is 5.46. The monoisotopic (exact) mass is 414 g/mol. The molecule has 0 saturated carbocycles. The number of carbonyl (C=O) groups excluding carboxylic acids is 1. The summed E-state index contributed by atoms with van der Waals surface area (Å²) in [6.45, 7) is 0.368. The number of unbranched alkanes of at least 4 members (excludes halogenated alkanes) is 11. The zero-order valence-electron chi connectivity index (χ0n) is 18.9. The maximum Gasteiger partial charge on any atom is 0.307 e. The molecular formula is C23H44NO5+. The van der Waals surface area contributed by atoms with Gasteiger partial charge < -0.3 is 19.8 Å². The molecular weight excluding hydrogens is 370 g/mol. The zero-order chi connectivity index (χ0) is 22.2. The number of carbonyl (C=O) groups is 2. The molecule has 3 N–H and O–H groups in total. The smallest absolute Gasteiger partial charge is 0.307 e. The Bertz CT molecular complexity index is 484. The highest BCUT2D eigenvalue weighted by Gasteiger charge is 2.41. The summed E-state index contributed by atoms with van der Waals surface area (Å²) in [5.41, 5.74) is -1.86. The van der Waals surface area contributed by atoms with Gasteiger partial charge >= 0.3 is 5.97 Å². The minimum atomic E-state index is -1.86. The van der Waals surface area contributed by atoms with Crippen molar-refractivity contribution >= 4 is 11.8 Å². The first kappa shape index (κ1) is 27.8. The van der Waals surface area contributed by atoms with E-state index in [1.807, 2.05) is 21.1 Å². The van der Waals surface area contributed by atoms with E-state index in [4.69, 9.17) is 10.2 Å². The van der Waals surface area contributed by atoms with E-state index in [0.717, 1.165) is 32.1 Å². The predicted octanol–water partition coefficient (Wildman–Crippen LogP) is 3.70. The zero-order valence-corrected chi connectivity index (χ0v) is 18.9. The average Bonchev–Trinajstić information content (AvgIpc) is 2.59. The molecule has 0 aliphatic heterocycles. The Morgan fingerprint density at radius 1 is 0.828 bits per heavy atom. The Hall–Kier alpha value is -1.24. The third-order valence-corrected chi connectivity index (χ3v) is 4.94. The van der Waals surface area contributed by atoms with Gasteiger partial charge in [0.15, 0.2) is 11.4 Å². The highest BCUT2D eigenvalue weighted by molar-refractivity contribution is 5.99. The molecule has 0 unspecified atom stereocenters. The van der Waals surface area contributed by atoms with E-state index < -0.39 is 23.8 Å². The quantitative estimate of drug-likeness (QED) is 0.170. The Labute approximate surface area is 177 Å². The fourth-order valence-corrected chi connectivity index (χ4v) is 3.57. The number of hydrogen-bond acceptors (Lipinski definition) is 4.